The fourth-order valence-electron chi connectivity index (χ4n) is 1.61. The van der Waals surface area contributed by atoms with Crippen LogP contribution in [0, 0.1) is 0 Å². The van der Waals surface area contributed by atoms with Gasteiger partial charge in [0.15, 0.2) is 0 Å². The highest BCUT2D eigenvalue weighted by Gasteiger charge is 2.00. The Balaban J connectivity index is 2.25. The standard InChI is InChI=1S/C12H21N3O/c1-3-7-14-11(2)5-4-9-15-10-13-8-6-12(15)16/h6,8,10-11,14H,3-5,7,9H2,1-2H3. The summed E-state index contributed by atoms with van der Waals surface area (Å²) in [5, 5.41) is 3.43. The third-order valence-corrected chi connectivity index (χ3v) is 2.57. The van der Waals surface area contributed by atoms with E-state index in [0.29, 0.717) is 6.04 Å². The minimum Gasteiger partial charge on any atom is -0.314 e. The van der Waals surface area contributed by atoms with Crippen molar-refractivity contribution in [3.05, 3.63) is 28.9 Å². The van der Waals surface area contributed by atoms with E-state index in [9.17, 15) is 4.79 Å². The average molecular weight is 223 g/mol. The van der Waals surface area contributed by atoms with E-state index in [4.69, 9.17) is 0 Å². The van der Waals surface area contributed by atoms with Crippen molar-refractivity contribution in [2.24, 2.45) is 0 Å². The molecule has 0 aliphatic heterocycles. The molecule has 4 heteroatoms. The number of hydrogen-bond donors (Lipinski definition) is 1. The SMILES string of the molecule is CCCNC(C)CCCn1cnccc1=O. The summed E-state index contributed by atoms with van der Waals surface area (Å²) >= 11 is 0. The van der Waals surface area contributed by atoms with Crippen LogP contribution in [-0.2, 0) is 6.54 Å². The summed E-state index contributed by atoms with van der Waals surface area (Å²) in [6.07, 6.45) is 6.38. The van der Waals surface area contributed by atoms with Crippen molar-refractivity contribution in [1.29, 1.82) is 0 Å². The van der Waals surface area contributed by atoms with Crippen LogP contribution in [0.1, 0.15) is 33.1 Å². The summed E-state index contributed by atoms with van der Waals surface area (Å²) in [7, 11) is 0. The van der Waals surface area contributed by atoms with Gasteiger partial charge in [-0.1, -0.05) is 6.92 Å². The van der Waals surface area contributed by atoms with Crippen LogP contribution < -0.4 is 10.9 Å². The lowest BCUT2D eigenvalue weighted by Crippen LogP contribution is -2.27. The largest absolute Gasteiger partial charge is 0.314 e. The molecule has 0 aromatic carbocycles. The third kappa shape index (κ3) is 4.57. The molecule has 1 atom stereocenters. The molecule has 90 valence electrons. The molecular formula is C12H21N3O. The second kappa shape index (κ2) is 7.17. The minimum absolute atomic E-state index is 0.0316. The second-order valence-corrected chi connectivity index (χ2v) is 4.11. The first kappa shape index (κ1) is 12.9. The van der Waals surface area contributed by atoms with E-state index in [-0.39, 0.29) is 5.56 Å². The molecule has 0 saturated carbocycles. The van der Waals surface area contributed by atoms with Crippen LogP contribution in [0.5, 0.6) is 0 Å². The first-order valence-electron chi connectivity index (χ1n) is 5.98. The average Bonchev–Trinajstić information content (AvgIpc) is 2.29. The van der Waals surface area contributed by atoms with Crippen molar-refractivity contribution in [2.45, 2.75) is 45.7 Å². The van der Waals surface area contributed by atoms with Crippen molar-refractivity contribution in [1.82, 2.24) is 14.9 Å². The van der Waals surface area contributed by atoms with Gasteiger partial charge in [-0.15, -0.1) is 0 Å². The van der Waals surface area contributed by atoms with Crippen LogP contribution in [0.3, 0.4) is 0 Å². The van der Waals surface area contributed by atoms with Gasteiger partial charge >= 0.3 is 0 Å². The molecule has 0 aliphatic rings. The van der Waals surface area contributed by atoms with Crippen LogP contribution >= 0.6 is 0 Å². The van der Waals surface area contributed by atoms with Crippen LogP contribution in [0.4, 0.5) is 0 Å². The number of rotatable bonds is 7. The topological polar surface area (TPSA) is 46.9 Å². The summed E-state index contributed by atoms with van der Waals surface area (Å²) in [6.45, 7) is 6.16. The predicted molar refractivity (Wildman–Crippen MR) is 65.5 cm³/mol. The van der Waals surface area contributed by atoms with Gasteiger partial charge in [-0.2, -0.15) is 0 Å². The van der Waals surface area contributed by atoms with E-state index in [2.05, 4.69) is 24.1 Å². The lowest BCUT2D eigenvalue weighted by molar-refractivity contribution is 0.471. The zero-order chi connectivity index (χ0) is 11.8. The normalized spacial score (nSPS) is 12.6. The van der Waals surface area contributed by atoms with Crippen molar-refractivity contribution in [3.8, 4) is 0 Å². The van der Waals surface area contributed by atoms with E-state index < -0.39 is 0 Å². The molecule has 0 spiro atoms. The van der Waals surface area contributed by atoms with Gasteiger partial charge in [0, 0.05) is 24.8 Å². The van der Waals surface area contributed by atoms with E-state index in [1.54, 1.807) is 10.9 Å². The fourth-order valence-corrected chi connectivity index (χ4v) is 1.61. The van der Waals surface area contributed by atoms with Crippen LogP contribution in [0.2, 0.25) is 0 Å². The first-order chi connectivity index (χ1) is 7.74. The van der Waals surface area contributed by atoms with Gasteiger partial charge < -0.3 is 5.32 Å². The smallest absolute Gasteiger partial charge is 0.253 e. The second-order valence-electron chi connectivity index (χ2n) is 4.11. The molecule has 0 fully saturated rings. The Bertz CT molecular complexity index is 348. The van der Waals surface area contributed by atoms with Gasteiger partial charge in [-0.05, 0) is 32.7 Å². The number of aromatic nitrogens is 2. The molecule has 1 rings (SSSR count). The van der Waals surface area contributed by atoms with Crippen molar-refractivity contribution in [3.63, 3.8) is 0 Å². The Morgan fingerprint density at radius 3 is 3.06 bits per heavy atom. The Morgan fingerprint density at radius 1 is 1.56 bits per heavy atom. The lowest BCUT2D eigenvalue weighted by atomic mass is 10.2. The summed E-state index contributed by atoms with van der Waals surface area (Å²) in [5.41, 5.74) is 0.0316. The Labute approximate surface area is 96.7 Å². The zero-order valence-electron chi connectivity index (χ0n) is 10.1. The van der Waals surface area contributed by atoms with Crippen molar-refractivity contribution < 1.29 is 0 Å². The molecular weight excluding hydrogens is 202 g/mol. The van der Waals surface area contributed by atoms with Crippen LogP contribution in [0.25, 0.3) is 0 Å². The summed E-state index contributed by atoms with van der Waals surface area (Å²) in [5.74, 6) is 0. The molecule has 1 aromatic heterocycles. The van der Waals surface area contributed by atoms with Gasteiger partial charge in [0.1, 0.15) is 0 Å². The Kier molecular flexibility index (Phi) is 5.78. The third-order valence-electron chi connectivity index (χ3n) is 2.57. The van der Waals surface area contributed by atoms with Gasteiger partial charge in [-0.3, -0.25) is 9.36 Å². The van der Waals surface area contributed by atoms with Gasteiger partial charge in [0.25, 0.3) is 5.56 Å². The van der Waals surface area contributed by atoms with Crippen molar-refractivity contribution >= 4 is 0 Å². The van der Waals surface area contributed by atoms with E-state index >= 15 is 0 Å². The highest BCUT2D eigenvalue weighted by atomic mass is 16.1. The highest BCUT2D eigenvalue weighted by Crippen LogP contribution is 1.98. The lowest BCUT2D eigenvalue weighted by Gasteiger charge is -2.13. The summed E-state index contributed by atoms with van der Waals surface area (Å²) < 4.78 is 1.66. The molecule has 1 N–H and O–H groups in total. The molecule has 1 heterocycles. The van der Waals surface area contributed by atoms with Gasteiger partial charge in [0.05, 0.1) is 6.33 Å². The fraction of sp³-hybridized carbons (Fsp3) is 0.667. The zero-order valence-corrected chi connectivity index (χ0v) is 10.1. The number of hydrogen-bond acceptors (Lipinski definition) is 3. The Morgan fingerprint density at radius 2 is 2.38 bits per heavy atom. The Hall–Kier alpha value is -1.16. The molecule has 0 saturated heterocycles. The van der Waals surface area contributed by atoms with Crippen molar-refractivity contribution in [2.75, 3.05) is 6.54 Å². The molecule has 0 aliphatic carbocycles. The molecule has 16 heavy (non-hydrogen) atoms. The van der Waals surface area contributed by atoms with Gasteiger partial charge in [0.2, 0.25) is 0 Å². The van der Waals surface area contributed by atoms with Crippen LogP contribution in [0.15, 0.2) is 23.4 Å². The molecule has 1 unspecified atom stereocenters. The summed E-state index contributed by atoms with van der Waals surface area (Å²) in [4.78, 5) is 15.3. The summed E-state index contributed by atoms with van der Waals surface area (Å²) in [6, 6.07) is 2.02. The number of aryl methyl sites for hydroxylation is 1. The first-order valence-corrected chi connectivity index (χ1v) is 5.98. The molecule has 0 bridgehead atoms. The van der Waals surface area contributed by atoms with Gasteiger partial charge in [-0.25, -0.2) is 4.98 Å². The maximum Gasteiger partial charge on any atom is 0.253 e. The monoisotopic (exact) mass is 223 g/mol. The predicted octanol–water partition coefficient (Wildman–Crippen LogP) is 1.41. The van der Waals surface area contributed by atoms with E-state index in [1.807, 2.05) is 0 Å². The quantitative estimate of drug-likeness (QED) is 0.760. The van der Waals surface area contributed by atoms with E-state index in [0.717, 1.165) is 32.4 Å². The molecule has 1 aromatic rings. The molecule has 4 nitrogen and oxygen atoms in total. The molecule has 0 amide bonds. The van der Waals surface area contributed by atoms with E-state index in [1.165, 1.54) is 12.3 Å². The number of nitrogens with one attached hydrogen (secondary N) is 1. The minimum atomic E-state index is 0.0316. The molecule has 0 radical (unpaired) electrons. The van der Waals surface area contributed by atoms with Crippen LogP contribution in [-0.4, -0.2) is 22.1 Å². The number of nitrogens with zero attached hydrogens (tertiary/aromatic N) is 2. The maximum absolute atomic E-state index is 11.4. The highest BCUT2D eigenvalue weighted by molar-refractivity contribution is 4.81. The maximum atomic E-state index is 11.4.